The van der Waals surface area contributed by atoms with Crippen molar-refractivity contribution >= 4 is 11.7 Å². The SMILES string of the molecule is Cc1nc(C(=O)NCC2(C3(O)CCC3)CC2)nc(N2CC[C@@H](N(C)C)C2)c1C. The van der Waals surface area contributed by atoms with Gasteiger partial charge in [-0.1, -0.05) is 0 Å². The summed E-state index contributed by atoms with van der Waals surface area (Å²) >= 11 is 0. The summed E-state index contributed by atoms with van der Waals surface area (Å²) < 4.78 is 0. The average molecular weight is 388 g/mol. The number of amides is 1. The first-order valence-corrected chi connectivity index (χ1v) is 10.5. The van der Waals surface area contributed by atoms with Gasteiger partial charge in [0.15, 0.2) is 0 Å². The fourth-order valence-corrected chi connectivity index (χ4v) is 4.71. The minimum absolute atomic E-state index is 0.128. The molecule has 3 fully saturated rings. The van der Waals surface area contributed by atoms with Gasteiger partial charge in [0.05, 0.1) is 5.60 Å². The van der Waals surface area contributed by atoms with Gasteiger partial charge in [0.25, 0.3) is 5.91 Å². The minimum atomic E-state index is -0.577. The molecule has 2 heterocycles. The highest BCUT2D eigenvalue weighted by Crippen LogP contribution is 2.60. The van der Waals surface area contributed by atoms with Crippen molar-refractivity contribution < 1.29 is 9.90 Å². The number of aryl methyl sites for hydroxylation is 1. The summed E-state index contributed by atoms with van der Waals surface area (Å²) in [6.07, 6.45) is 5.87. The second kappa shape index (κ2) is 6.95. The van der Waals surface area contributed by atoms with Gasteiger partial charge in [0.1, 0.15) is 5.82 Å². The van der Waals surface area contributed by atoms with E-state index in [2.05, 4.69) is 39.2 Å². The molecular weight excluding hydrogens is 354 g/mol. The third-order valence-corrected chi connectivity index (χ3v) is 7.37. The molecule has 1 aromatic heterocycles. The summed E-state index contributed by atoms with van der Waals surface area (Å²) in [5.74, 6) is 0.880. The van der Waals surface area contributed by atoms with E-state index in [9.17, 15) is 9.90 Å². The molecule has 1 amide bonds. The fraction of sp³-hybridized carbons (Fsp3) is 0.762. The van der Waals surface area contributed by atoms with Crippen LogP contribution in [0.5, 0.6) is 0 Å². The smallest absolute Gasteiger partial charge is 0.289 e. The quantitative estimate of drug-likeness (QED) is 0.773. The Labute approximate surface area is 167 Å². The second-order valence-corrected chi connectivity index (χ2v) is 9.28. The molecule has 0 aromatic carbocycles. The summed E-state index contributed by atoms with van der Waals surface area (Å²) in [7, 11) is 4.21. The largest absolute Gasteiger partial charge is 0.389 e. The Morgan fingerprint density at radius 2 is 1.96 bits per heavy atom. The molecule has 0 spiro atoms. The predicted molar refractivity (Wildman–Crippen MR) is 109 cm³/mol. The van der Waals surface area contributed by atoms with E-state index in [-0.39, 0.29) is 17.1 Å². The Balaban J connectivity index is 1.47. The number of nitrogens with one attached hydrogen (secondary N) is 1. The number of carbonyl (C=O) groups excluding carboxylic acids is 1. The van der Waals surface area contributed by atoms with Gasteiger partial charge < -0.3 is 20.2 Å². The molecule has 4 rings (SSSR count). The maximum Gasteiger partial charge on any atom is 0.289 e. The van der Waals surface area contributed by atoms with E-state index in [0.717, 1.165) is 68.7 Å². The first-order valence-electron chi connectivity index (χ1n) is 10.5. The maximum absolute atomic E-state index is 12.8. The molecule has 0 radical (unpaired) electrons. The molecule has 2 aliphatic carbocycles. The van der Waals surface area contributed by atoms with Crippen molar-refractivity contribution in [2.24, 2.45) is 5.41 Å². The van der Waals surface area contributed by atoms with Crippen molar-refractivity contribution in [3.8, 4) is 0 Å². The van der Waals surface area contributed by atoms with Crippen molar-refractivity contribution in [2.75, 3.05) is 38.6 Å². The second-order valence-electron chi connectivity index (χ2n) is 9.28. The highest BCUT2D eigenvalue weighted by atomic mass is 16.3. The highest BCUT2D eigenvalue weighted by Gasteiger charge is 2.60. The van der Waals surface area contributed by atoms with Gasteiger partial charge in [-0.25, -0.2) is 9.97 Å². The van der Waals surface area contributed by atoms with Crippen molar-refractivity contribution in [2.45, 2.75) is 64.0 Å². The molecule has 1 aromatic rings. The lowest BCUT2D eigenvalue weighted by atomic mass is 9.69. The van der Waals surface area contributed by atoms with Crippen LogP contribution in [-0.4, -0.2) is 71.3 Å². The number of aromatic nitrogens is 2. The number of carbonyl (C=O) groups is 1. The van der Waals surface area contributed by atoms with Gasteiger partial charge in [0.2, 0.25) is 5.82 Å². The lowest BCUT2D eigenvalue weighted by Crippen LogP contribution is -2.51. The van der Waals surface area contributed by atoms with Crippen molar-refractivity contribution in [3.63, 3.8) is 0 Å². The molecule has 1 aliphatic heterocycles. The van der Waals surface area contributed by atoms with Gasteiger partial charge >= 0.3 is 0 Å². The van der Waals surface area contributed by atoms with E-state index in [4.69, 9.17) is 0 Å². The van der Waals surface area contributed by atoms with Gasteiger partial charge in [-0.15, -0.1) is 0 Å². The van der Waals surface area contributed by atoms with Crippen LogP contribution in [0.25, 0.3) is 0 Å². The van der Waals surface area contributed by atoms with Gasteiger partial charge in [-0.3, -0.25) is 4.79 Å². The zero-order valence-electron chi connectivity index (χ0n) is 17.6. The predicted octanol–water partition coefficient (Wildman–Crippen LogP) is 1.66. The van der Waals surface area contributed by atoms with Crippen LogP contribution in [0.4, 0.5) is 5.82 Å². The number of hydrogen-bond acceptors (Lipinski definition) is 6. The first-order chi connectivity index (χ1) is 13.2. The summed E-state index contributed by atoms with van der Waals surface area (Å²) in [6, 6.07) is 0.505. The van der Waals surface area contributed by atoms with E-state index in [0.29, 0.717) is 12.6 Å². The van der Waals surface area contributed by atoms with Gasteiger partial charge in [-0.05, 0) is 66.5 Å². The molecule has 2 N–H and O–H groups in total. The van der Waals surface area contributed by atoms with E-state index in [1.54, 1.807) is 0 Å². The molecule has 28 heavy (non-hydrogen) atoms. The first kappa shape index (κ1) is 19.6. The molecule has 0 unspecified atom stereocenters. The van der Waals surface area contributed by atoms with Gasteiger partial charge in [0, 0.05) is 42.3 Å². The van der Waals surface area contributed by atoms with E-state index >= 15 is 0 Å². The lowest BCUT2D eigenvalue weighted by Gasteiger charge is -2.44. The third kappa shape index (κ3) is 3.28. The summed E-state index contributed by atoms with van der Waals surface area (Å²) in [5, 5.41) is 13.7. The summed E-state index contributed by atoms with van der Waals surface area (Å²) in [4.78, 5) is 26.4. The van der Waals surface area contributed by atoms with Crippen molar-refractivity contribution in [1.82, 2.24) is 20.2 Å². The van der Waals surface area contributed by atoms with Crippen LogP contribution < -0.4 is 10.2 Å². The van der Waals surface area contributed by atoms with Crippen molar-refractivity contribution in [3.05, 3.63) is 17.1 Å². The number of rotatable bonds is 6. The molecule has 154 valence electrons. The highest BCUT2D eigenvalue weighted by molar-refractivity contribution is 5.91. The minimum Gasteiger partial charge on any atom is -0.389 e. The molecule has 2 saturated carbocycles. The summed E-state index contributed by atoms with van der Waals surface area (Å²) in [6.45, 7) is 6.34. The van der Waals surface area contributed by atoms with Crippen LogP contribution in [0.3, 0.4) is 0 Å². The van der Waals surface area contributed by atoms with Crippen LogP contribution in [0.2, 0.25) is 0 Å². The Morgan fingerprint density at radius 3 is 2.50 bits per heavy atom. The number of aliphatic hydroxyl groups is 1. The van der Waals surface area contributed by atoms with E-state index in [1.165, 1.54) is 0 Å². The van der Waals surface area contributed by atoms with Crippen LogP contribution in [0.15, 0.2) is 0 Å². The van der Waals surface area contributed by atoms with E-state index in [1.807, 2.05) is 13.8 Å². The normalized spacial score (nSPS) is 24.9. The maximum atomic E-state index is 12.8. The Hall–Kier alpha value is -1.73. The van der Waals surface area contributed by atoms with Gasteiger partial charge in [-0.2, -0.15) is 0 Å². The molecule has 1 atom stereocenters. The molecule has 1 saturated heterocycles. The molecule has 3 aliphatic rings. The number of nitrogens with zero attached hydrogens (tertiary/aromatic N) is 4. The Kier molecular flexibility index (Phi) is 4.86. The molecule has 0 bridgehead atoms. The molecular formula is C21H33N5O2. The zero-order chi connectivity index (χ0) is 20.1. The van der Waals surface area contributed by atoms with E-state index < -0.39 is 5.60 Å². The topological polar surface area (TPSA) is 81.6 Å². The van der Waals surface area contributed by atoms with Crippen LogP contribution >= 0.6 is 0 Å². The standard InChI is InChI=1S/C21H33N5O2/c1-14-15(2)23-17(24-18(14)26-11-6-16(12-26)25(3)4)19(27)22-13-20(9-10-20)21(28)7-5-8-21/h16,28H,5-13H2,1-4H3,(H,22,27)/t16-/m1/s1. The van der Waals surface area contributed by atoms with Crippen LogP contribution in [0.1, 0.15) is 60.4 Å². The number of likely N-dealkylation sites (N-methyl/N-ethyl adjacent to an activating group) is 1. The van der Waals surface area contributed by atoms with Crippen molar-refractivity contribution in [1.29, 1.82) is 0 Å². The number of hydrogen-bond donors (Lipinski definition) is 2. The average Bonchev–Trinajstić information content (AvgIpc) is 3.27. The lowest BCUT2D eigenvalue weighted by molar-refractivity contribution is -0.0948. The third-order valence-electron chi connectivity index (χ3n) is 7.37. The zero-order valence-corrected chi connectivity index (χ0v) is 17.6. The Bertz CT molecular complexity index is 770. The fourth-order valence-electron chi connectivity index (χ4n) is 4.71. The Morgan fingerprint density at radius 1 is 1.25 bits per heavy atom. The van der Waals surface area contributed by atoms with Crippen LogP contribution in [0, 0.1) is 19.3 Å². The molecule has 7 heteroatoms. The van der Waals surface area contributed by atoms with Crippen LogP contribution in [-0.2, 0) is 0 Å². The molecule has 7 nitrogen and oxygen atoms in total. The number of anilines is 1. The monoisotopic (exact) mass is 387 g/mol. The summed E-state index contributed by atoms with van der Waals surface area (Å²) in [5.41, 5.74) is 1.18.